The molecule has 0 bridgehead atoms. The highest BCUT2D eigenvalue weighted by molar-refractivity contribution is 5.86. The predicted molar refractivity (Wildman–Crippen MR) is 162 cm³/mol. The predicted octanol–water partition coefficient (Wildman–Crippen LogP) is 3.05. The monoisotopic (exact) mass is 542 g/mol. The van der Waals surface area contributed by atoms with Gasteiger partial charge in [0.05, 0.1) is 12.5 Å². The maximum atomic E-state index is 13.6. The first-order valence-electron chi connectivity index (χ1n) is 14.1. The molecular weight excluding hydrogens is 500 g/mol. The van der Waals surface area contributed by atoms with Gasteiger partial charge in [0, 0.05) is 31.7 Å². The van der Waals surface area contributed by atoms with Crippen LogP contribution in [0.1, 0.15) is 42.0 Å². The lowest BCUT2D eigenvalue weighted by molar-refractivity contribution is -0.147. The van der Waals surface area contributed by atoms with Crippen molar-refractivity contribution < 1.29 is 9.59 Å². The Morgan fingerprint density at radius 2 is 1.73 bits per heavy atom. The van der Waals surface area contributed by atoms with Gasteiger partial charge in [-0.1, -0.05) is 66.2 Å². The van der Waals surface area contributed by atoms with E-state index in [0.29, 0.717) is 45.3 Å². The molecule has 0 unspecified atom stereocenters. The molecule has 0 aromatic heterocycles. The zero-order valence-corrected chi connectivity index (χ0v) is 23.8. The summed E-state index contributed by atoms with van der Waals surface area (Å²) in [5.74, 6) is 0.0275. The van der Waals surface area contributed by atoms with Crippen LogP contribution < -0.4 is 17.2 Å². The number of hydrogen-bond acceptors (Lipinski definition) is 4. The Kier molecular flexibility index (Phi) is 9.42. The third-order valence-electron chi connectivity index (χ3n) is 7.86. The third-order valence-corrected chi connectivity index (χ3v) is 7.86. The second-order valence-corrected chi connectivity index (χ2v) is 11.1. The molecule has 1 aliphatic heterocycles. The van der Waals surface area contributed by atoms with Crippen molar-refractivity contribution in [3.63, 3.8) is 0 Å². The average Bonchev–Trinajstić information content (AvgIpc) is 2.92. The van der Waals surface area contributed by atoms with Gasteiger partial charge >= 0.3 is 0 Å². The summed E-state index contributed by atoms with van der Waals surface area (Å²) in [6, 6.07) is 19.6. The molecule has 0 saturated carbocycles. The van der Waals surface area contributed by atoms with Crippen LogP contribution >= 0.6 is 0 Å². The fraction of sp³-hybridized carbons (Fsp3) is 0.406. The van der Waals surface area contributed by atoms with Crippen LogP contribution in [-0.4, -0.2) is 65.3 Å². The Morgan fingerprint density at radius 1 is 0.975 bits per heavy atom. The van der Waals surface area contributed by atoms with E-state index in [-0.39, 0.29) is 29.9 Å². The molecule has 212 valence electrons. The lowest BCUT2D eigenvalue weighted by Gasteiger charge is -2.46. The minimum absolute atomic E-state index is 0.0516. The topological polar surface area (TPSA) is 131 Å². The van der Waals surface area contributed by atoms with Crippen molar-refractivity contribution in [2.75, 3.05) is 19.6 Å². The summed E-state index contributed by atoms with van der Waals surface area (Å²) in [5, 5.41) is 2.26. The second-order valence-electron chi connectivity index (χ2n) is 11.1. The molecule has 1 fully saturated rings. The van der Waals surface area contributed by atoms with E-state index in [2.05, 4.69) is 61.3 Å². The zero-order valence-electron chi connectivity index (χ0n) is 23.8. The van der Waals surface area contributed by atoms with Crippen LogP contribution in [0.2, 0.25) is 0 Å². The van der Waals surface area contributed by atoms with Gasteiger partial charge in [-0.05, 0) is 67.5 Å². The Morgan fingerprint density at radius 3 is 2.45 bits per heavy atom. The number of aliphatic imine (C=N–C) groups is 1. The standard InChI is InChI=1S/C32H42N6O2/c1-21-10-12-26(22(2)15-21)18-29(33)31(40)37-20-28(9-6-14-36-32(34)35)38(19-23(37)3)30(39)17-24-11-13-25-7-4-5-8-27(25)16-24/h4-5,7-8,10-13,15-16,23,28-29H,6,9,14,17-20,33H2,1-3H3,(H4,34,35,36)/t23-,28+,29-/m1/s1. The molecule has 40 heavy (non-hydrogen) atoms. The minimum atomic E-state index is -0.647. The maximum absolute atomic E-state index is 13.6. The fourth-order valence-corrected chi connectivity index (χ4v) is 5.67. The first-order chi connectivity index (χ1) is 19.1. The number of guanidine groups is 1. The minimum Gasteiger partial charge on any atom is -0.370 e. The lowest BCUT2D eigenvalue weighted by Crippen LogP contribution is -2.63. The smallest absolute Gasteiger partial charge is 0.240 e. The molecule has 4 rings (SSSR count). The van der Waals surface area contributed by atoms with Crippen molar-refractivity contribution in [1.29, 1.82) is 0 Å². The summed E-state index contributed by atoms with van der Waals surface area (Å²) >= 11 is 0. The zero-order chi connectivity index (χ0) is 28.8. The number of aryl methyl sites for hydroxylation is 2. The highest BCUT2D eigenvalue weighted by Crippen LogP contribution is 2.23. The van der Waals surface area contributed by atoms with E-state index < -0.39 is 6.04 Å². The molecule has 3 atom stereocenters. The van der Waals surface area contributed by atoms with Gasteiger partial charge in [0.1, 0.15) is 0 Å². The van der Waals surface area contributed by atoms with E-state index in [1.165, 1.54) is 5.56 Å². The fourth-order valence-electron chi connectivity index (χ4n) is 5.67. The molecule has 1 heterocycles. The SMILES string of the molecule is Cc1ccc(C[C@@H](N)C(=O)N2C[C@H](CCCN=C(N)N)N(C(=O)Cc3ccc4ccccc4c3)C[C@H]2C)c(C)c1. The summed E-state index contributed by atoms with van der Waals surface area (Å²) in [5.41, 5.74) is 21.9. The van der Waals surface area contributed by atoms with Crippen molar-refractivity contribution in [3.05, 3.63) is 82.9 Å². The highest BCUT2D eigenvalue weighted by Gasteiger charge is 2.37. The van der Waals surface area contributed by atoms with E-state index in [4.69, 9.17) is 17.2 Å². The van der Waals surface area contributed by atoms with Crippen LogP contribution in [0.4, 0.5) is 0 Å². The highest BCUT2D eigenvalue weighted by atomic mass is 16.2. The van der Waals surface area contributed by atoms with E-state index in [9.17, 15) is 9.59 Å². The third kappa shape index (κ3) is 7.18. The van der Waals surface area contributed by atoms with Crippen LogP contribution in [0.5, 0.6) is 0 Å². The van der Waals surface area contributed by atoms with Crippen molar-refractivity contribution in [1.82, 2.24) is 9.80 Å². The number of carbonyl (C=O) groups is 2. The molecular formula is C32H42N6O2. The van der Waals surface area contributed by atoms with Crippen LogP contribution in [0.25, 0.3) is 10.8 Å². The molecule has 3 aromatic rings. The Balaban J connectivity index is 1.48. The molecule has 6 N–H and O–H groups in total. The largest absolute Gasteiger partial charge is 0.370 e. The van der Waals surface area contributed by atoms with E-state index in [1.807, 2.05) is 34.9 Å². The van der Waals surface area contributed by atoms with Gasteiger partial charge in [0.25, 0.3) is 0 Å². The van der Waals surface area contributed by atoms with Crippen molar-refractivity contribution in [3.8, 4) is 0 Å². The molecule has 0 spiro atoms. The normalized spacial score (nSPS) is 18.0. The number of fused-ring (bicyclic) bond motifs is 1. The number of rotatable bonds is 9. The Hall–Kier alpha value is -3.91. The summed E-state index contributed by atoms with van der Waals surface area (Å²) < 4.78 is 0. The molecule has 1 aliphatic rings. The molecule has 3 aromatic carbocycles. The number of piperazine rings is 1. The number of nitrogens with zero attached hydrogens (tertiary/aromatic N) is 3. The first-order valence-corrected chi connectivity index (χ1v) is 14.1. The van der Waals surface area contributed by atoms with E-state index in [1.54, 1.807) is 0 Å². The molecule has 0 aliphatic carbocycles. The van der Waals surface area contributed by atoms with Gasteiger partial charge < -0.3 is 27.0 Å². The van der Waals surface area contributed by atoms with E-state index >= 15 is 0 Å². The number of benzene rings is 3. The Labute approximate surface area is 237 Å². The second kappa shape index (κ2) is 13.0. The molecule has 8 nitrogen and oxygen atoms in total. The van der Waals surface area contributed by atoms with Crippen LogP contribution in [0, 0.1) is 13.8 Å². The van der Waals surface area contributed by atoms with Gasteiger partial charge in [0.15, 0.2) is 5.96 Å². The molecule has 2 amide bonds. The van der Waals surface area contributed by atoms with Crippen LogP contribution in [-0.2, 0) is 22.4 Å². The number of nitrogens with two attached hydrogens (primary N) is 3. The number of carbonyl (C=O) groups excluding carboxylic acids is 2. The summed E-state index contributed by atoms with van der Waals surface area (Å²) in [6.45, 7) is 7.47. The van der Waals surface area contributed by atoms with Gasteiger partial charge in [-0.3, -0.25) is 14.6 Å². The number of amides is 2. The van der Waals surface area contributed by atoms with Crippen molar-refractivity contribution >= 4 is 28.5 Å². The lowest BCUT2D eigenvalue weighted by atomic mass is 9.96. The van der Waals surface area contributed by atoms with Crippen LogP contribution in [0.15, 0.2) is 65.7 Å². The van der Waals surface area contributed by atoms with Crippen molar-refractivity contribution in [2.24, 2.45) is 22.2 Å². The van der Waals surface area contributed by atoms with Crippen LogP contribution in [0.3, 0.4) is 0 Å². The van der Waals surface area contributed by atoms with Gasteiger partial charge in [0.2, 0.25) is 11.8 Å². The summed E-state index contributed by atoms with van der Waals surface area (Å²) in [7, 11) is 0. The average molecular weight is 543 g/mol. The van der Waals surface area contributed by atoms with Gasteiger partial charge in [-0.2, -0.15) is 0 Å². The van der Waals surface area contributed by atoms with E-state index in [0.717, 1.165) is 27.5 Å². The summed E-state index contributed by atoms with van der Waals surface area (Å²) in [6.07, 6.45) is 2.17. The quantitative estimate of drug-likeness (QED) is 0.217. The molecule has 8 heteroatoms. The first kappa shape index (κ1) is 29.1. The number of hydrogen-bond donors (Lipinski definition) is 3. The van der Waals surface area contributed by atoms with Gasteiger partial charge in [-0.25, -0.2) is 0 Å². The van der Waals surface area contributed by atoms with Crippen molar-refractivity contribution in [2.45, 2.75) is 64.6 Å². The van der Waals surface area contributed by atoms with Gasteiger partial charge in [-0.15, -0.1) is 0 Å². The molecule has 1 saturated heterocycles. The summed E-state index contributed by atoms with van der Waals surface area (Å²) in [4.78, 5) is 35.1. The maximum Gasteiger partial charge on any atom is 0.240 e. The molecule has 0 radical (unpaired) electrons. The Bertz CT molecular complexity index is 1380.